The van der Waals surface area contributed by atoms with Crippen molar-refractivity contribution in [2.45, 2.75) is 70.1 Å². The SMILES string of the molecule is Cc1ccc(N2/C(=C\C=C(C#N)C#N)C3(CCCC(c4ccc(N5/C(=C/C=C6C(=C(C#N)C#N)c7ccccc7C6=C(C#N)C#N)C(C)(C)c6c5ccc5ccccc65)cc4)C3)c3c2ccc2ccccc32)c(C)c1. The summed E-state index contributed by atoms with van der Waals surface area (Å²) < 4.78 is 0. The predicted octanol–water partition coefficient (Wildman–Crippen LogP) is 15.8. The molecular formula is C67H48N8. The molecule has 1 saturated carbocycles. The van der Waals surface area contributed by atoms with Gasteiger partial charge in [0.1, 0.15) is 53.1 Å². The number of aryl methyl sites for hydroxylation is 2. The molecule has 4 aliphatic rings. The van der Waals surface area contributed by atoms with E-state index in [-0.39, 0.29) is 22.6 Å². The molecule has 7 aromatic rings. The second-order valence-electron chi connectivity index (χ2n) is 20.4. The number of anilines is 4. The zero-order valence-corrected chi connectivity index (χ0v) is 42.1. The third-order valence-corrected chi connectivity index (χ3v) is 16.0. The summed E-state index contributed by atoms with van der Waals surface area (Å²) in [6, 6.07) is 61.2. The van der Waals surface area contributed by atoms with Crippen LogP contribution in [0.3, 0.4) is 0 Å². The number of allylic oxidation sites excluding steroid dienone is 12. The third kappa shape index (κ3) is 7.44. The van der Waals surface area contributed by atoms with Crippen LogP contribution in [0.4, 0.5) is 22.7 Å². The van der Waals surface area contributed by atoms with E-state index in [1.807, 2.05) is 48.6 Å². The Labute approximate surface area is 437 Å². The van der Waals surface area contributed by atoms with E-state index in [1.54, 1.807) is 6.08 Å². The molecule has 356 valence electrons. The average molecular weight is 965 g/mol. The minimum absolute atomic E-state index is 0.0524. The van der Waals surface area contributed by atoms with Crippen LogP contribution >= 0.6 is 0 Å². The summed E-state index contributed by atoms with van der Waals surface area (Å²) in [4.78, 5) is 4.68. The number of nitriles is 6. The van der Waals surface area contributed by atoms with Crippen molar-refractivity contribution in [2.75, 3.05) is 9.80 Å². The van der Waals surface area contributed by atoms with Crippen molar-refractivity contribution in [2.24, 2.45) is 0 Å². The van der Waals surface area contributed by atoms with Crippen LogP contribution < -0.4 is 9.80 Å². The highest BCUT2D eigenvalue weighted by Gasteiger charge is 2.51. The molecule has 8 nitrogen and oxygen atoms in total. The van der Waals surface area contributed by atoms with Gasteiger partial charge in [0, 0.05) is 44.7 Å². The minimum atomic E-state index is -0.573. The molecule has 0 saturated heterocycles. The lowest BCUT2D eigenvalue weighted by molar-refractivity contribution is 0.313. The van der Waals surface area contributed by atoms with Crippen molar-refractivity contribution >= 4 is 55.4 Å². The first kappa shape index (κ1) is 47.4. The van der Waals surface area contributed by atoms with Gasteiger partial charge in [0.2, 0.25) is 0 Å². The van der Waals surface area contributed by atoms with Crippen molar-refractivity contribution in [1.29, 1.82) is 31.6 Å². The van der Waals surface area contributed by atoms with Crippen LogP contribution in [-0.4, -0.2) is 0 Å². The summed E-state index contributed by atoms with van der Waals surface area (Å²) in [5.74, 6) is 0.159. The van der Waals surface area contributed by atoms with Gasteiger partial charge in [-0.2, -0.15) is 31.6 Å². The first-order chi connectivity index (χ1) is 36.5. The number of benzene rings is 7. The average Bonchev–Trinajstić information content (AvgIpc) is 3.98. The molecule has 8 heteroatoms. The first-order valence-electron chi connectivity index (χ1n) is 25.2. The number of rotatable bonds is 5. The lowest BCUT2D eigenvalue weighted by atomic mass is 9.63. The zero-order chi connectivity index (χ0) is 52.2. The quantitative estimate of drug-likeness (QED) is 0.155. The number of nitrogens with zero attached hydrogens (tertiary/aromatic N) is 8. The van der Waals surface area contributed by atoms with Crippen LogP contribution in [0.15, 0.2) is 198 Å². The molecule has 75 heavy (non-hydrogen) atoms. The maximum atomic E-state index is 10.3. The van der Waals surface area contributed by atoms with Crippen molar-refractivity contribution in [3.05, 3.63) is 236 Å². The normalized spacial score (nSPS) is 18.9. The van der Waals surface area contributed by atoms with Gasteiger partial charge in [-0.25, -0.2) is 0 Å². The molecule has 0 aromatic heterocycles. The Balaban J connectivity index is 1.06. The molecule has 2 atom stereocenters. The Morgan fingerprint density at radius 1 is 0.560 bits per heavy atom. The Morgan fingerprint density at radius 3 is 1.71 bits per heavy atom. The molecule has 1 spiro atoms. The van der Waals surface area contributed by atoms with Gasteiger partial charge in [-0.1, -0.05) is 141 Å². The highest BCUT2D eigenvalue weighted by Crippen LogP contribution is 2.62. The molecule has 0 N–H and O–H groups in total. The van der Waals surface area contributed by atoms with Crippen LogP contribution in [0, 0.1) is 81.8 Å². The van der Waals surface area contributed by atoms with E-state index in [1.165, 1.54) is 27.5 Å². The molecule has 2 aliphatic heterocycles. The van der Waals surface area contributed by atoms with Gasteiger partial charge in [0.25, 0.3) is 0 Å². The third-order valence-electron chi connectivity index (χ3n) is 16.0. The van der Waals surface area contributed by atoms with Crippen LogP contribution in [0.5, 0.6) is 0 Å². The van der Waals surface area contributed by atoms with E-state index in [9.17, 15) is 31.6 Å². The van der Waals surface area contributed by atoms with E-state index in [4.69, 9.17) is 0 Å². The largest absolute Gasteiger partial charge is 0.313 e. The number of fused-ring (bicyclic) bond motifs is 8. The van der Waals surface area contributed by atoms with Gasteiger partial charge in [0.05, 0.1) is 11.4 Å². The van der Waals surface area contributed by atoms with E-state index >= 15 is 0 Å². The summed E-state index contributed by atoms with van der Waals surface area (Å²) in [6.45, 7) is 8.68. The topological polar surface area (TPSA) is 149 Å². The smallest absolute Gasteiger partial charge is 0.138 e. The molecule has 7 aromatic carbocycles. The Kier molecular flexibility index (Phi) is 11.7. The zero-order valence-electron chi connectivity index (χ0n) is 42.1. The van der Waals surface area contributed by atoms with Crippen molar-refractivity contribution in [1.82, 2.24) is 0 Å². The van der Waals surface area contributed by atoms with Gasteiger partial charge in [0.15, 0.2) is 0 Å². The van der Waals surface area contributed by atoms with Gasteiger partial charge in [-0.15, -0.1) is 0 Å². The number of hydrogen-bond donors (Lipinski definition) is 0. The monoisotopic (exact) mass is 964 g/mol. The van der Waals surface area contributed by atoms with Crippen LogP contribution in [0.25, 0.3) is 32.7 Å². The van der Waals surface area contributed by atoms with Gasteiger partial charge in [-0.05, 0) is 148 Å². The van der Waals surface area contributed by atoms with Crippen LogP contribution in [0.1, 0.15) is 84.4 Å². The van der Waals surface area contributed by atoms with Gasteiger partial charge in [-0.3, -0.25) is 0 Å². The maximum absolute atomic E-state index is 10.3. The fourth-order valence-electron chi connectivity index (χ4n) is 12.8. The Hall–Kier alpha value is -9.96. The van der Waals surface area contributed by atoms with Gasteiger partial charge < -0.3 is 9.80 Å². The fraction of sp³-hybridized carbons (Fsp3) is 0.164. The standard InChI is InChI=1S/C67H48N8/c1-42-19-28-57(43(2)34-42)75-59-30-24-47-13-6-8-16-53(47)65(59)67(61(75)31-20-44(36-68)37-69)33-11-14-48(35-67)45-21-25-51(26-22-45)74-58-29-23-46-12-5-7-15-52(46)64(58)66(3,4)60(74)32-27-56-62(49(38-70)39-71)54-17-9-10-18-55(54)63(56)50(40-72)41-73/h5-10,12-13,15-32,34,48H,11,14,33,35H2,1-4H3/b60-32+,61-31-. The molecule has 2 aliphatic carbocycles. The molecular weight excluding hydrogens is 917 g/mol. The van der Waals surface area contributed by atoms with Crippen molar-refractivity contribution in [3.8, 4) is 36.4 Å². The molecule has 0 amide bonds. The summed E-state index contributed by atoms with van der Waals surface area (Å²) in [7, 11) is 0. The van der Waals surface area contributed by atoms with Crippen LogP contribution in [-0.2, 0) is 10.8 Å². The lowest BCUT2D eigenvalue weighted by Gasteiger charge is -2.41. The summed E-state index contributed by atoms with van der Waals surface area (Å²) in [5, 5.41) is 65.8. The second kappa shape index (κ2) is 18.6. The van der Waals surface area contributed by atoms with Crippen molar-refractivity contribution < 1.29 is 0 Å². The first-order valence-corrected chi connectivity index (χ1v) is 25.2. The Morgan fingerprint density at radius 2 is 1.12 bits per heavy atom. The second-order valence-corrected chi connectivity index (χ2v) is 20.4. The van der Waals surface area contributed by atoms with Crippen LogP contribution in [0.2, 0.25) is 0 Å². The lowest BCUT2D eigenvalue weighted by Crippen LogP contribution is -2.35. The van der Waals surface area contributed by atoms with Crippen molar-refractivity contribution in [3.63, 3.8) is 0 Å². The highest BCUT2D eigenvalue weighted by atomic mass is 15.2. The minimum Gasteiger partial charge on any atom is -0.313 e. The molecule has 2 heterocycles. The van der Waals surface area contributed by atoms with E-state index in [2.05, 4.69) is 183 Å². The van der Waals surface area contributed by atoms with Gasteiger partial charge >= 0.3 is 0 Å². The summed E-state index contributed by atoms with van der Waals surface area (Å²) in [6.07, 6.45) is 11.3. The van der Waals surface area contributed by atoms with E-state index in [0.29, 0.717) is 27.8 Å². The summed E-state index contributed by atoms with van der Waals surface area (Å²) in [5.41, 5.74) is 13.4. The predicted molar refractivity (Wildman–Crippen MR) is 297 cm³/mol. The molecule has 0 bridgehead atoms. The molecule has 2 unspecified atom stereocenters. The molecule has 11 rings (SSSR count). The molecule has 0 radical (unpaired) electrons. The fourth-order valence-corrected chi connectivity index (χ4v) is 12.8. The maximum Gasteiger partial charge on any atom is 0.138 e. The number of hydrogen-bond acceptors (Lipinski definition) is 8. The Bertz CT molecular complexity index is 3980. The molecule has 1 fully saturated rings. The highest BCUT2D eigenvalue weighted by molar-refractivity contribution is 6.12. The summed E-state index contributed by atoms with van der Waals surface area (Å²) >= 11 is 0. The van der Waals surface area contributed by atoms with E-state index < -0.39 is 10.8 Å². The van der Waals surface area contributed by atoms with E-state index in [0.717, 1.165) is 81.7 Å².